The molecule has 0 spiro atoms. The Bertz CT molecular complexity index is 506. The molecule has 0 aliphatic rings. The van der Waals surface area contributed by atoms with Crippen LogP contribution in [0.4, 0.5) is 0 Å². The summed E-state index contributed by atoms with van der Waals surface area (Å²) in [7, 11) is 0. The van der Waals surface area contributed by atoms with Crippen molar-refractivity contribution in [3.8, 4) is 0 Å². The molecule has 0 radical (unpaired) electrons. The molecule has 8 nitrogen and oxygen atoms in total. The van der Waals surface area contributed by atoms with Gasteiger partial charge in [-0.25, -0.2) is 19.2 Å². The fourth-order valence-electron chi connectivity index (χ4n) is 0.527. The number of carbonyl (C=O) groups is 4. The summed E-state index contributed by atoms with van der Waals surface area (Å²) < 4.78 is 4.67. The molecular weight excluding hydrogens is 356 g/mol. The zero-order valence-electron chi connectivity index (χ0n) is 16.2. The van der Waals surface area contributed by atoms with Gasteiger partial charge >= 0.3 is 23.9 Å². The van der Waals surface area contributed by atoms with Crippen LogP contribution in [-0.2, 0) is 23.9 Å². The topological polar surface area (TPSA) is 138 Å². The molecule has 0 amide bonds. The van der Waals surface area contributed by atoms with E-state index in [1.165, 1.54) is 13.0 Å². The number of rotatable bonds is 8. The Kier molecular flexibility index (Phi) is 26.7. The van der Waals surface area contributed by atoms with E-state index >= 15 is 0 Å². The molecule has 0 fully saturated rings. The molecule has 0 aromatic carbocycles. The second-order valence-corrected chi connectivity index (χ2v) is 4.62. The van der Waals surface area contributed by atoms with Gasteiger partial charge in [-0.15, -0.1) is 0 Å². The van der Waals surface area contributed by atoms with Gasteiger partial charge in [-0.1, -0.05) is 46.6 Å². The highest BCUT2D eigenvalue weighted by molar-refractivity contribution is 5.85. The quantitative estimate of drug-likeness (QED) is 0.327. The zero-order chi connectivity index (χ0) is 22.4. The Labute approximate surface area is 160 Å². The maximum Gasteiger partial charge on any atom is 0.330 e. The van der Waals surface area contributed by atoms with E-state index in [1.54, 1.807) is 6.92 Å². The molecule has 0 bridgehead atoms. The van der Waals surface area contributed by atoms with Crippen molar-refractivity contribution in [1.29, 1.82) is 0 Å². The summed E-state index contributed by atoms with van der Waals surface area (Å²) in [4.78, 5) is 39.0. The normalized spacial score (nSPS) is 7.81. The molecule has 0 saturated heterocycles. The van der Waals surface area contributed by atoms with Crippen LogP contribution in [0.5, 0.6) is 0 Å². The molecule has 0 aliphatic carbocycles. The largest absolute Gasteiger partial charge is 0.478 e. The van der Waals surface area contributed by atoms with Crippen LogP contribution in [0.25, 0.3) is 0 Å². The van der Waals surface area contributed by atoms with Crippen LogP contribution < -0.4 is 0 Å². The fraction of sp³-hybridized carbons (Fsp3) is 0.368. The standard InChI is InChI=1S/C7H12O2.C5H8O2.C4H6O2.C3H4O2/c1-3-5-6-9-7(8)4-2;1-3-4(2)5(6)7;1-3(2)4(5)6;1-2-3(4)5/h4H,2-3,5-6H2,1H3;2-3H2,1H3,(H,6,7);1H2,2H3,(H,5,6);2H,1H2,(H,4,5). The lowest BCUT2D eigenvalue weighted by Gasteiger charge is -1.97. The molecule has 0 aromatic heterocycles. The minimum Gasteiger partial charge on any atom is -0.478 e. The lowest BCUT2D eigenvalue weighted by molar-refractivity contribution is -0.138. The smallest absolute Gasteiger partial charge is 0.330 e. The van der Waals surface area contributed by atoms with E-state index in [9.17, 15) is 19.2 Å². The molecule has 27 heavy (non-hydrogen) atoms. The first-order chi connectivity index (χ1) is 12.4. The first-order valence-electron chi connectivity index (χ1n) is 7.85. The molecule has 0 atom stereocenters. The van der Waals surface area contributed by atoms with Crippen molar-refractivity contribution in [2.24, 2.45) is 0 Å². The molecule has 0 saturated carbocycles. The van der Waals surface area contributed by atoms with Crippen LogP contribution in [0.15, 0.2) is 49.6 Å². The number of aliphatic carboxylic acids is 3. The van der Waals surface area contributed by atoms with Gasteiger partial charge in [-0.05, 0) is 19.8 Å². The first kappa shape index (κ1) is 31.6. The SMILES string of the molecule is C=C(C)C(=O)O.C=C(CC)C(=O)O.C=CC(=O)O.C=CC(=O)OCCCC. The van der Waals surface area contributed by atoms with Crippen LogP contribution in [0.2, 0.25) is 0 Å². The fourth-order valence-corrected chi connectivity index (χ4v) is 0.527. The molecular formula is C19H30O8. The van der Waals surface area contributed by atoms with E-state index in [4.69, 9.17) is 15.3 Å². The molecule has 3 N–H and O–H groups in total. The van der Waals surface area contributed by atoms with Crippen LogP contribution in [-0.4, -0.2) is 45.8 Å². The Morgan fingerprint density at radius 1 is 0.926 bits per heavy atom. The second kappa shape index (κ2) is 22.8. The van der Waals surface area contributed by atoms with E-state index in [0.29, 0.717) is 13.0 Å². The summed E-state index contributed by atoms with van der Waals surface area (Å²) in [6.45, 7) is 18.4. The molecule has 8 heteroatoms. The number of hydrogen-bond acceptors (Lipinski definition) is 5. The van der Waals surface area contributed by atoms with Crippen molar-refractivity contribution in [2.75, 3.05) is 6.61 Å². The first-order valence-corrected chi connectivity index (χ1v) is 7.85. The average molecular weight is 386 g/mol. The van der Waals surface area contributed by atoms with Crippen LogP contribution in [0, 0.1) is 0 Å². The van der Waals surface area contributed by atoms with Crippen LogP contribution in [0.3, 0.4) is 0 Å². The number of carboxylic acids is 3. The zero-order valence-corrected chi connectivity index (χ0v) is 16.2. The van der Waals surface area contributed by atoms with Crippen molar-refractivity contribution in [1.82, 2.24) is 0 Å². The lowest BCUT2D eigenvalue weighted by atomic mass is 10.2. The summed E-state index contributed by atoms with van der Waals surface area (Å²) in [5.74, 6) is -3.15. The third-order valence-corrected chi connectivity index (χ3v) is 2.18. The molecule has 0 heterocycles. The van der Waals surface area contributed by atoms with Crippen molar-refractivity contribution in [2.45, 2.75) is 40.0 Å². The summed E-state index contributed by atoms with van der Waals surface area (Å²) in [5.41, 5.74) is 0.440. The highest BCUT2D eigenvalue weighted by Gasteiger charge is 1.96. The van der Waals surface area contributed by atoms with Gasteiger partial charge in [0.1, 0.15) is 0 Å². The molecule has 154 valence electrons. The number of hydrogen-bond donors (Lipinski definition) is 3. The van der Waals surface area contributed by atoms with E-state index in [2.05, 4.69) is 31.1 Å². The minimum absolute atomic E-state index is 0.176. The van der Waals surface area contributed by atoms with E-state index in [0.717, 1.165) is 18.9 Å². The number of carbonyl (C=O) groups excluding carboxylic acids is 1. The summed E-state index contributed by atoms with van der Waals surface area (Å²) in [6.07, 6.45) is 4.51. The van der Waals surface area contributed by atoms with Crippen LogP contribution >= 0.6 is 0 Å². The van der Waals surface area contributed by atoms with Crippen molar-refractivity contribution >= 4 is 23.9 Å². The summed E-state index contributed by atoms with van der Waals surface area (Å²) in [6, 6.07) is 0. The van der Waals surface area contributed by atoms with E-state index in [1.807, 2.05) is 6.92 Å². The predicted octanol–water partition coefficient (Wildman–Crippen LogP) is 3.46. The molecule has 0 rings (SSSR count). The van der Waals surface area contributed by atoms with Gasteiger partial charge in [0.2, 0.25) is 0 Å². The maximum atomic E-state index is 10.3. The number of esters is 1. The highest BCUT2D eigenvalue weighted by Crippen LogP contribution is 1.93. The molecule has 0 aromatic rings. The van der Waals surface area contributed by atoms with Gasteiger partial charge < -0.3 is 20.1 Å². The number of unbranched alkanes of at least 4 members (excludes halogenated alkanes) is 1. The predicted molar refractivity (Wildman–Crippen MR) is 103 cm³/mol. The van der Waals surface area contributed by atoms with E-state index < -0.39 is 17.9 Å². The summed E-state index contributed by atoms with van der Waals surface area (Å²) >= 11 is 0. The number of ether oxygens (including phenoxy) is 1. The van der Waals surface area contributed by atoms with Crippen LogP contribution in [0.1, 0.15) is 40.0 Å². The Hall–Kier alpha value is -3.16. The third-order valence-electron chi connectivity index (χ3n) is 2.18. The van der Waals surface area contributed by atoms with Gasteiger partial charge in [0.25, 0.3) is 0 Å². The Balaban J connectivity index is -0.000000134. The number of carboxylic acid groups (broad SMARTS) is 3. The third kappa shape index (κ3) is 39.5. The Morgan fingerprint density at radius 3 is 1.48 bits per heavy atom. The molecule has 0 unspecified atom stereocenters. The minimum atomic E-state index is -0.981. The van der Waals surface area contributed by atoms with Crippen molar-refractivity contribution in [3.63, 3.8) is 0 Å². The second-order valence-electron chi connectivity index (χ2n) is 4.62. The van der Waals surface area contributed by atoms with Gasteiger partial charge in [0.15, 0.2) is 0 Å². The van der Waals surface area contributed by atoms with Gasteiger partial charge in [0.05, 0.1) is 6.61 Å². The van der Waals surface area contributed by atoms with Gasteiger partial charge in [-0.3, -0.25) is 0 Å². The van der Waals surface area contributed by atoms with Crippen molar-refractivity contribution < 1.29 is 39.2 Å². The highest BCUT2D eigenvalue weighted by atomic mass is 16.5. The van der Waals surface area contributed by atoms with Crippen molar-refractivity contribution in [3.05, 3.63) is 49.6 Å². The van der Waals surface area contributed by atoms with Gasteiger partial charge in [-0.2, -0.15) is 0 Å². The average Bonchev–Trinajstić information content (AvgIpc) is 2.62. The summed E-state index contributed by atoms with van der Waals surface area (Å²) in [5, 5.41) is 23.6. The van der Waals surface area contributed by atoms with E-state index in [-0.39, 0.29) is 17.1 Å². The maximum absolute atomic E-state index is 10.3. The Morgan fingerprint density at radius 2 is 1.33 bits per heavy atom. The van der Waals surface area contributed by atoms with Gasteiger partial charge in [0, 0.05) is 23.3 Å². The molecule has 0 aliphatic heterocycles. The monoisotopic (exact) mass is 386 g/mol. The lowest BCUT2D eigenvalue weighted by Crippen LogP contribution is -2.00.